The highest BCUT2D eigenvalue weighted by molar-refractivity contribution is 6.32. The Balaban J connectivity index is 2.27. The summed E-state index contributed by atoms with van der Waals surface area (Å²) in [6.07, 6.45) is 7.16. The van der Waals surface area contributed by atoms with Crippen LogP contribution in [0.5, 0.6) is 0 Å². The van der Waals surface area contributed by atoms with E-state index in [1.54, 1.807) is 24.3 Å². The molecule has 0 aliphatic carbocycles. The van der Waals surface area contributed by atoms with Gasteiger partial charge in [0.15, 0.2) is 0 Å². The minimum absolute atomic E-state index is 0.147. The maximum Gasteiger partial charge on any atom is 0.258 e. The van der Waals surface area contributed by atoms with Gasteiger partial charge in [-0.15, -0.1) is 0 Å². The van der Waals surface area contributed by atoms with Gasteiger partial charge in [-0.05, 0) is 36.8 Å². The fourth-order valence-corrected chi connectivity index (χ4v) is 2.35. The van der Waals surface area contributed by atoms with Crippen LogP contribution in [0.1, 0.15) is 22.8 Å². The number of hydrogen-bond acceptors (Lipinski definition) is 2. The number of pyridine rings is 1. The van der Waals surface area contributed by atoms with Crippen LogP contribution in [-0.4, -0.2) is 10.9 Å². The number of rotatable bonds is 5. The fraction of sp³-hybridized carbons (Fsp3) is 0.0526. The second-order valence-electron chi connectivity index (χ2n) is 4.89. The number of carbonyl (C=O) groups is 1. The van der Waals surface area contributed by atoms with Gasteiger partial charge in [-0.2, -0.15) is 0 Å². The molecule has 5 heteroatoms. The molecule has 0 atom stereocenters. The predicted octanol–water partition coefficient (Wildman–Crippen LogP) is 5.29. The zero-order valence-electron chi connectivity index (χ0n) is 13.1. The van der Waals surface area contributed by atoms with Crippen LogP contribution in [0.4, 0.5) is 0 Å². The van der Waals surface area contributed by atoms with E-state index in [1.807, 2.05) is 37.3 Å². The fourth-order valence-electron chi connectivity index (χ4n) is 2.02. The van der Waals surface area contributed by atoms with E-state index in [9.17, 15) is 4.79 Å². The van der Waals surface area contributed by atoms with Gasteiger partial charge in [-0.1, -0.05) is 60.1 Å². The van der Waals surface area contributed by atoms with Crippen LogP contribution >= 0.6 is 23.2 Å². The molecule has 1 aromatic carbocycles. The van der Waals surface area contributed by atoms with E-state index in [2.05, 4.69) is 16.9 Å². The standard InChI is InChI=1S/C19H16Cl2N2O/c1-3-4-6-16(14-8-10-15(20)11-9-14)13(2)23-19(24)17-7-5-12-22-18(17)21/h3-12H,2H2,1H3,(H,23,24)/b4-3-,16-6+. The van der Waals surface area contributed by atoms with Gasteiger partial charge in [0.2, 0.25) is 0 Å². The van der Waals surface area contributed by atoms with E-state index in [-0.39, 0.29) is 11.1 Å². The molecule has 122 valence electrons. The van der Waals surface area contributed by atoms with Crippen LogP contribution in [0.15, 0.2) is 73.1 Å². The number of hydrogen-bond donors (Lipinski definition) is 1. The number of allylic oxidation sites excluding steroid dienone is 4. The van der Waals surface area contributed by atoms with Crippen molar-refractivity contribution in [3.8, 4) is 0 Å². The number of carbonyl (C=O) groups excluding carboxylic acids is 1. The summed E-state index contributed by atoms with van der Waals surface area (Å²) < 4.78 is 0. The summed E-state index contributed by atoms with van der Waals surface area (Å²) >= 11 is 11.9. The molecule has 0 saturated carbocycles. The van der Waals surface area contributed by atoms with Gasteiger partial charge in [0.1, 0.15) is 5.15 Å². The first-order valence-electron chi connectivity index (χ1n) is 7.23. The van der Waals surface area contributed by atoms with Crippen molar-refractivity contribution in [2.45, 2.75) is 6.92 Å². The number of aromatic nitrogens is 1. The third-order valence-electron chi connectivity index (χ3n) is 3.20. The van der Waals surface area contributed by atoms with Crippen LogP contribution in [-0.2, 0) is 0 Å². The molecule has 0 saturated heterocycles. The van der Waals surface area contributed by atoms with Gasteiger partial charge >= 0.3 is 0 Å². The Morgan fingerprint density at radius 2 is 1.92 bits per heavy atom. The van der Waals surface area contributed by atoms with E-state index in [4.69, 9.17) is 23.2 Å². The Bertz CT molecular complexity index is 808. The predicted molar refractivity (Wildman–Crippen MR) is 100 cm³/mol. The van der Waals surface area contributed by atoms with Crippen molar-refractivity contribution < 1.29 is 4.79 Å². The van der Waals surface area contributed by atoms with Crippen molar-refractivity contribution in [3.05, 3.63) is 94.4 Å². The van der Waals surface area contributed by atoms with E-state index < -0.39 is 0 Å². The summed E-state index contributed by atoms with van der Waals surface area (Å²) in [4.78, 5) is 16.3. The Morgan fingerprint density at radius 1 is 1.21 bits per heavy atom. The first-order valence-corrected chi connectivity index (χ1v) is 7.98. The SMILES string of the molecule is C=C(NC(=O)c1cccnc1Cl)/C(=C\C=C/C)c1ccc(Cl)cc1. The van der Waals surface area contributed by atoms with Crippen molar-refractivity contribution in [2.75, 3.05) is 0 Å². The molecular formula is C19H16Cl2N2O. The highest BCUT2D eigenvalue weighted by Gasteiger charge is 2.14. The lowest BCUT2D eigenvalue weighted by Crippen LogP contribution is -2.23. The summed E-state index contributed by atoms with van der Waals surface area (Å²) in [5.74, 6) is -0.363. The number of nitrogens with zero attached hydrogens (tertiary/aromatic N) is 1. The van der Waals surface area contributed by atoms with Gasteiger partial charge in [0.25, 0.3) is 5.91 Å². The molecule has 0 aliphatic heterocycles. The average Bonchev–Trinajstić information content (AvgIpc) is 2.57. The van der Waals surface area contributed by atoms with Crippen molar-refractivity contribution >= 4 is 34.7 Å². The summed E-state index contributed by atoms with van der Waals surface area (Å²) in [6.45, 7) is 5.88. The largest absolute Gasteiger partial charge is 0.322 e. The van der Waals surface area contributed by atoms with Crippen LogP contribution in [0.25, 0.3) is 5.57 Å². The molecule has 0 aliphatic rings. The van der Waals surface area contributed by atoms with Crippen LogP contribution in [0, 0.1) is 0 Å². The normalized spacial score (nSPS) is 11.5. The molecule has 0 fully saturated rings. The summed E-state index contributed by atoms with van der Waals surface area (Å²) in [6, 6.07) is 10.6. The molecule has 1 amide bonds. The van der Waals surface area contributed by atoms with E-state index >= 15 is 0 Å². The number of halogens is 2. The number of benzene rings is 1. The molecule has 1 heterocycles. The van der Waals surface area contributed by atoms with Gasteiger partial charge < -0.3 is 5.32 Å². The van der Waals surface area contributed by atoms with Crippen molar-refractivity contribution in [1.82, 2.24) is 10.3 Å². The summed E-state index contributed by atoms with van der Waals surface area (Å²) in [5.41, 5.74) is 2.42. The molecule has 2 aromatic rings. The molecular weight excluding hydrogens is 343 g/mol. The molecule has 1 N–H and O–H groups in total. The second kappa shape index (κ2) is 8.48. The Hall–Kier alpha value is -2.36. The maximum atomic E-state index is 12.4. The lowest BCUT2D eigenvalue weighted by molar-refractivity contribution is 0.0967. The molecule has 1 aromatic heterocycles. The van der Waals surface area contributed by atoms with Crippen molar-refractivity contribution in [3.63, 3.8) is 0 Å². The number of nitrogens with one attached hydrogen (secondary N) is 1. The average molecular weight is 359 g/mol. The van der Waals surface area contributed by atoms with Gasteiger partial charge in [0, 0.05) is 22.5 Å². The molecule has 3 nitrogen and oxygen atoms in total. The Morgan fingerprint density at radius 3 is 2.54 bits per heavy atom. The molecule has 2 rings (SSSR count). The third-order valence-corrected chi connectivity index (χ3v) is 3.76. The highest BCUT2D eigenvalue weighted by Crippen LogP contribution is 2.23. The van der Waals surface area contributed by atoms with Gasteiger partial charge in [-0.3, -0.25) is 4.79 Å². The Kier molecular flexibility index (Phi) is 6.36. The zero-order chi connectivity index (χ0) is 17.5. The van der Waals surface area contributed by atoms with Gasteiger partial charge in [0.05, 0.1) is 5.56 Å². The first-order chi connectivity index (χ1) is 11.5. The topological polar surface area (TPSA) is 42.0 Å². The van der Waals surface area contributed by atoms with Crippen LogP contribution in [0.2, 0.25) is 10.2 Å². The van der Waals surface area contributed by atoms with Crippen LogP contribution in [0.3, 0.4) is 0 Å². The molecule has 0 spiro atoms. The monoisotopic (exact) mass is 358 g/mol. The minimum Gasteiger partial charge on any atom is -0.322 e. The third kappa shape index (κ3) is 4.57. The van der Waals surface area contributed by atoms with E-state index in [0.717, 1.165) is 11.1 Å². The van der Waals surface area contributed by atoms with Crippen molar-refractivity contribution in [1.29, 1.82) is 0 Å². The summed E-state index contributed by atoms with van der Waals surface area (Å²) in [5, 5.41) is 3.55. The van der Waals surface area contributed by atoms with Gasteiger partial charge in [-0.25, -0.2) is 4.98 Å². The number of amides is 1. The first kappa shape index (κ1) is 18.0. The molecule has 0 bridgehead atoms. The Labute approximate surface area is 151 Å². The summed E-state index contributed by atoms with van der Waals surface area (Å²) in [7, 11) is 0. The highest BCUT2D eigenvalue weighted by atomic mass is 35.5. The second-order valence-corrected chi connectivity index (χ2v) is 5.68. The van der Waals surface area contributed by atoms with E-state index in [0.29, 0.717) is 16.3 Å². The lowest BCUT2D eigenvalue weighted by Gasteiger charge is -2.13. The smallest absolute Gasteiger partial charge is 0.258 e. The molecule has 24 heavy (non-hydrogen) atoms. The quantitative estimate of drug-likeness (QED) is 0.582. The van der Waals surface area contributed by atoms with Crippen molar-refractivity contribution in [2.24, 2.45) is 0 Å². The van der Waals surface area contributed by atoms with Crippen LogP contribution < -0.4 is 5.32 Å². The molecule has 0 radical (unpaired) electrons. The maximum absolute atomic E-state index is 12.4. The minimum atomic E-state index is -0.363. The lowest BCUT2D eigenvalue weighted by atomic mass is 10.0. The zero-order valence-corrected chi connectivity index (χ0v) is 14.6. The van der Waals surface area contributed by atoms with E-state index in [1.165, 1.54) is 6.20 Å². The molecule has 0 unspecified atom stereocenters.